The van der Waals surface area contributed by atoms with E-state index >= 15 is 0 Å². The molecule has 1 atom stereocenters. The normalized spacial score (nSPS) is 13.1. The Kier molecular flexibility index (Phi) is 4.39. The fourth-order valence-electron chi connectivity index (χ4n) is 1.34. The lowest BCUT2D eigenvalue weighted by Gasteiger charge is -2.08. The summed E-state index contributed by atoms with van der Waals surface area (Å²) in [5.41, 5.74) is 5.62. The lowest BCUT2D eigenvalue weighted by Crippen LogP contribution is -2.14. The molecule has 74 valence electrons. The largest absolute Gasteiger partial charge is 0.330 e. The Labute approximate surface area is 78.1 Å². The van der Waals surface area contributed by atoms with Crippen LogP contribution in [0.25, 0.3) is 0 Å². The molecule has 5 heteroatoms. The number of nitrogens with zero attached hydrogens (tertiary/aromatic N) is 3. The van der Waals surface area contributed by atoms with Crippen molar-refractivity contribution in [3.63, 3.8) is 0 Å². The molecule has 0 aliphatic heterocycles. The van der Waals surface area contributed by atoms with Gasteiger partial charge in [-0.1, -0.05) is 31.4 Å². The average molecular weight is 183 g/mol. The van der Waals surface area contributed by atoms with E-state index in [9.17, 15) is 0 Å². The van der Waals surface area contributed by atoms with Crippen LogP contribution in [-0.2, 0) is 0 Å². The second-order valence-corrected chi connectivity index (χ2v) is 3.20. The molecule has 0 aliphatic rings. The van der Waals surface area contributed by atoms with Gasteiger partial charge in [-0.2, -0.15) is 5.21 Å². The van der Waals surface area contributed by atoms with Gasteiger partial charge in [0.1, 0.15) is 0 Å². The van der Waals surface area contributed by atoms with Crippen molar-refractivity contribution in [3.8, 4) is 0 Å². The van der Waals surface area contributed by atoms with E-state index in [1.165, 1.54) is 19.3 Å². The molecule has 13 heavy (non-hydrogen) atoms. The van der Waals surface area contributed by atoms with Gasteiger partial charge in [-0.25, -0.2) is 0 Å². The van der Waals surface area contributed by atoms with Crippen molar-refractivity contribution >= 4 is 0 Å². The van der Waals surface area contributed by atoms with E-state index in [1.54, 1.807) is 0 Å². The summed E-state index contributed by atoms with van der Waals surface area (Å²) < 4.78 is 0. The zero-order chi connectivity index (χ0) is 9.52. The Balaban J connectivity index is 2.35. The van der Waals surface area contributed by atoms with Gasteiger partial charge in [0.05, 0.1) is 0 Å². The van der Waals surface area contributed by atoms with Gasteiger partial charge in [0.25, 0.3) is 0 Å². The van der Waals surface area contributed by atoms with Crippen molar-refractivity contribution in [2.45, 2.75) is 38.5 Å². The number of aromatic amines is 1. The summed E-state index contributed by atoms with van der Waals surface area (Å²) in [6, 6.07) is 0. The van der Waals surface area contributed by atoms with Crippen LogP contribution >= 0.6 is 0 Å². The molecular weight excluding hydrogens is 166 g/mol. The minimum Gasteiger partial charge on any atom is -0.330 e. The number of nitrogens with two attached hydrogens (primary N) is 1. The van der Waals surface area contributed by atoms with Gasteiger partial charge in [0.15, 0.2) is 5.82 Å². The number of hydrogen-bond acceptors (Lipinski definition) is 4. The van der Waals surface area contributed by atoms with Crippen molar-refractivity contribution in [2.75, 3.05) is 6.54 Å². The number of unbranched alkanes of at least 4 members (excludes halogenated alkanes) is 2. The Morgan fingerprint density at radius 1 is 1.46 bits per heavy atom. The molecule has 1 rings (SSSR count). The molecule has 1 unspecified atom stereocenters. The van der Waals surface area contributed by atoms with Crippen LogP contribution < -0.4 is 5.73 Å². The Morgan fingerprint density at radius 3 is 2.85 bits per heavy atom. The molecular formula is C8H17N5. The third kappa shape index (κ3) is 3.10. The Bertz CT molecular complexity index is 208. The summed E-state index contributed by atoms with van der Waals surface area (Å²) >= 11 is 0. The van der Waals surface area contributed by atoms with Crippen molar-refractivity contribution in [2.24, 2.45) is 5.73 Å². The quantitative estimate of drug-likeness (QED) is 0.640. The molecule has 0 bridgehead atoms. The highest BCUT2D eigenvalue weighted by molar-refractivity contribution is 4.90. The molecule has 0 amide bonds. The topological polar surface area (TPSA) is 80.5 Å². The monoisotopic (exact) mass is 183 g/mol. The van der Waals surface area contributed by atoms with Crippen LogP contribution in [0.15, 0.2) is 0 Å². The maximum Gasteiger partial charge on any atom is 0.178 e. The molecule has 0 aliphatic carbocycles. The first kappa shape index (κ1) is 10.1. The van der Waals surface area contributed by atoms with Crippen LogP contribution in [-0.4, -0.2) is 27.2 Å². The highest BCUT2D eigenvalue weighted by Gasteiger charge is 2.13. The van der Waals surface area contributed by atoms with Gasteiger partial charge < -0.3 is 5.73 Å². The van der Waals surface area contributed by atoms with Gasteiger partial charge in [-0.05, 0) is 6.42 Å². The van der Waals surface area contributed by atoms with E-state index in [-0.39, 0.29) is 5.92 Å². The predicted octanol–water partition coefficient (Wildman–Crippen LogP) is 0.822. The summed E-state index contributed by atoms with van der Waals surface area (Å²) in [6.45, 7) is 2.79. The smallest absolute Gasteiger partial charge is 0.178 e. The molecule has 5 nitrogen and oxygen atoms in total. The number of hydrogen-bond donors (Lipinski definition) is 2. The van der Waals surface area contributed by atoms with Crippen LogP contribution in [0.5, 0.6) is 0 Å². The number of tetrazole rings is 1. The third-order valence-electron chi connectivity index (χ3n) is 2.17. The van der Waals surface area contributed by atoms with E-state index in [2.05, 4.69) is 27.5 Å². The maximum atomic E-state index is 5.62. The molecule has 1 aromatic heterocycles. The van der Waals surface area contributed by atoms with E-state index in [0.717, 1.165) is 12.2 Å². The first-order chi connectivity index (χ1) is 6.38. The third-order valence-corrected chi connectivity index (χ3v) is 2.17. The first-order valence-corrected chi connectivity index (χ1v) is 4.81. The van der Waals surface area contributed by atoms with Crippen LogP contribution in [0.3, 0.4) is 0 Å². The second-order valence-electron chi connectivity index (χ2n) is 3.20. The van der Waals surface area contributed by atoms with Crippen LogP contribution in [0.2, 0.25) is 0 Å². The summed E-state index contributed by atoms with van der Waals surface area (Å²) in [7, 11) is 0. The average Bonchev–Trinajstić information content (AvgIpc) is 2.65. The van der Waals surface area contributed by atoms with E-state index in [1.807, 2.05) is 0 Å². The van der Waals surface area contributed by atoms with Crippen molar-refractivity contribution < 1.29 is 0 Å². The summed E-state index contributed by atoms with van der Waals surface area (Å²) in [4.78, 5) is 0. The summed E-state index contributed by atoms with van der Waals surface area (Å²) in [6.07, 6.45) is 4.72. The van der Waals surface area contributed by atoms with E-state index in [0.29, 0.717) is 6.54 Å². The van der Waals surface area contributed by atoms with Gasteiger partial charge in [0, 0.05) is 12.5 Å². The molecule has 1 heterocycles. The molecule has 0 aromatic carbocycles. The minimum atomic E-state index is 0.269. The standard InChI is InChI=1S/C8H17N5/c1-2-3-4-5-7(6-9)8-10-12-13-11-8/h7H,2-6,9H2,1H3,(H,10,11,12,13). The zero-order valence-electron chi connectivity index (χ0n) is 8.03. The zero-order valence-corrected chi connectivity index (χ0v) is 8.03. The predicted molar refractivity (Wildman–Crippen MR) is 50.1 cm³/mol. The SMILES string of the molecule is CCCCCC(CN)c1nn[nH]n1. The lowest BCUT2D eigenvalue weighted by molar-refractivity contribution is 0.550. The fourth-order valence-corrected chi connectivity index (χ4v) is 1.34. The van der Waals surface area contributed by atoms with Crippen molar-refractivity contribution in [3.05, 3.63) is 5.82 Å². The molecule has 0 spiro atoms. The summed E-state index contributed by atoms with van der Waals surface area (Å²) in [5, 5.41) is 13.9. The number of nitrogens with one attached hydrogen (secondary N) is 1. The molecule has 3 N–H and O–H groups in total. The lowest BCUT2D eigenvalue weighted by atomic mass is 10.0. The van der Waals surface area contributed by atoms with Crippen LogP contribution in [0.1, 0.15) is 44.3 Å². The van der Waals surface area contributed by atoms with Crippen LogP contribution in [0.4, 0.5) is 0 Å². The van der Waals surface area contributed by atoms with E-state index < -0.39 is 0 Å². The molecule has 1 aromatic rings. The van der Waals surface area contributed by atoms with Gasteiger partial charge in [-0.3, -0.25) is 0 Å². The molecule has 0 saturated carbocycles. The fraction of sp³-hybridized carbons (Fsp3) is 0.875. The highest BCUT2D eigenvalue weighted by Crippen LogP contribution is 2.16. The summed E-state index contributed by atoms with van der Waals surface area (Å²) in [5.74, 6) is 1.02. The maximum absolute atomic E-state index is 5.62. The van der Waals surface area contributed by atoms with Gasteiger partial charge in [-0.15, -0.1) is 10.2 Å². The number of aromatic nitrogens is 4. The number of H-pyrrole nitrogens is 1. The first-order valence-electron chi connectivity index (χ1n) is 4.81. The van der Waals surface area contributed by atoms with E-state index in [4.69, 9.17) is 5.73 Å². The highest BCUT2D eigenvalue weighted by atomic mass is 15.5. The van der Waals surface area contributed by atoms with Gasteiger partial charge in [0.2, 0.25) is 0 Å². The Morgan fingerprint density at radius 2 is 2.31 bits per heavy atom. The number of rotatable bonds is 6. The molecule has 0 radical (unpaired) electrons. The Hall–Kier alpha value is -0.970. The second kappa shape index (κ2) is 5.64. The van der Waals surface area contributed by atoms with Crippen molar-refractivity contribution in [1.29, 1.82) is 0 Å². The van der Waals surface area contributed by atoms with Crippen LogP contribution in [0, 0.1) is 0 Å². The molecule has 0 fully saturated rings. The van der Waals surface area contributed by atoms with Gasteiger partial charge >= 0.3 is 0 Å². The van der Waals surface area contributed by atoms with Crippen molar-refractivity contribution in [1.82, 2.24) is 20.6 Å². The molecule has 0 saturated heterocycles. The minimum absolute atomic E-state index is 0.269.